The fraction of sp³-hybridized carbons (Fsp3) is 0.219. The second kappa shape index (κ2) is 11.6. The summed E-state index contributed by atoms with van der Waals surface area (Å²) < 4.78 is 0. The number of hydrogen-bond acceptors (Lipinski definition) is 3. The maximum Gasteiger partial charge on any atom is 0.205 e. The van der Waals surface area contributed by atoms with Crippen molar-refractivity contribution in [3.63, 3.8) is 0 Å². The Morgan fingerprint density at radius 3 is 2.39 bits per heavy atom. The van der Waals surface area contributed by atoms with Crippen LogP contribution < -0.4 is 0 Å². The highest BCUT2D eigenvalue weighted by molar-refractivity contribution is 5.80. The summed E-state index contributed by atoms with van der Waals surface area (Å²) in [6, 6.07) is 27.8. The molecule has 4 nitrogen and oxygen atoms in total. The van der Waals surface area contributed by atoms with Crippen molar-refractivity contribution in [2.45, 2.75) is 32.6 Å². The molecule has 0 bridgehead atoms. The molecule has 1 aliphatic carbocycles. The first-order chi connectivity index (χ1) is 17.8. The number of aromatic nitrogens is 4. The van der Waals surface area contributed by atoms with Crippen molar-refractivity contribution >= 4 is 6.08 Å². The number of rotatable bonds is 9. The van der Waals surface area contributed by atoms with E-state index in [1.807, 2.05) is 12.1 Å². The van der Waals surface area contributed by atoms with Crippen LogP contribution in [0.4, 0.5) is 0 Å². The van der Waals surface area contributed by atoms with Crippen LogP contribution in [0.1, 0.15) is 37.3 Å². The molecule has 180 valence electrons. The normalized spacial score (nSPS) is 17.4. The van der Waals surface area contributed by atoms with Crippen LogP contribution in [0.3, 0.4) is 0 Å². The Balaban J connectivity index is 1.38. The van der Waals surface area contributed by atoms with Gasteiger partial charge in [-0.1, -0.05) is 129 Å². The highest BCUT2D eigenvalue weighted by Gasteiger charge is 2.24. The number of aromatic amines is 1. The summed E-state index contributed by atoms with van der Waals surface area (Å²) in [6.07, 6.45) is 16.3. The molecule has 1 aliphatic rings. The lowest BCUT2D eigenvalue weighted by Crippen LogP contribution is -2.19. The Morgan fingerprint density at radius 1 is 0.861 bits per heavy atom. The van der Waals surface area contributed by atoms with Crippen molar-refractivity contribution in [1.82, 2.24) is 20.6 Å². The standard InChI is InChI=1S/C32H32N4/c1-2-3-12-26-13-9-14-27(20-17-24-10-5-4-6-11-24)31(26)23-25-18-21-28(22-19-25)29-15-7-8-16-30(29)32-33-35-36-34-32/h4-11,13-22,26,31H,2-3,12,23H2,1H3,(H,33,34,35,36). The third-order valence-corrected chi connectivity index (χ3v) is 6.98. The summed E-state index contributed by atoms with van der Waals surface area (Å²) in [4.78, 5) is 0. The summed E-state index contributed by atoms with van der Waals surface area (Å²) >= 11 is 0. The van der Waals surface area contributed by atoms with E-state index < -0.39 is 0 Å². The van der Waals surface area contributed by atoms with Crippen LogP contribution in [0, 0.1) is 11.8 Å². The largest absolute Gasteiger partial charge is 0.205 e. The lowest BCUT2D eigenvalue weighted by Gasteiger charge is -2.29. The molecule has 0 aliphatic heterocycles. The number of unbranched alkanes of at least 4 members (excludes halogenated alkanes) is 1. The molecule has 4 aromatic rings. The molecule has 2 atom stereocenters. The summed E-state index contributed by atoms with van der Waals surface area (Å²) in [5.74, 6) is 1.64. The van der Waals surface area contributed by atoms with Crippen molar-refractivity contribution in [2.75, 3.05) is 0 Å². The predicted molar refractivity (Wildman–Crippen MR) is 148 cm³/mol. The Hall–Kier alpha value is -4.05. The minimum absolute atomic E-state index is 0.471. The third-order valence-electron chi connectivity index (χ3n) is 6.98. The van der Waals surface area contributed by atoms with Gasteiger partial charge in [0.25, 0.3) is 0 Å². The van der Waals surface area contributed by atoms with Crippen LogP contribution in [0.5, 0.6) is 0 Å². The van der Waals surface area contributed by atoms with E-state index in [0.717, 1.165) is 23.1 Å². The van der Waals surface area contributed by atoms with Gasteiger partial charge in [0.2, 0.25) is 5.82 Å². The lowest BCUT2D eigenvalue weighted by molar-refractivity contribution is 0.412. The second-order valence-electron chi connectivity index (χ2n) is 9.39. The molecule has 0 amide bonds. The Bertz CT molecular complexity index is 1330. The lowest BCUT2D eigenvalue weighted by atomic mass is 9.76. The number of nitrogens with zero attached hydrogens (tertiary/aromatic N) is 3. The monoisotopic (exact) mass is 472 g/mol. The zero-order valence-electron chi connectivity index (χ0n) is 20.7. The molecule has 1 N–H and O–H groups in total. The van der Waals surface area contributed by atoms with Gasteiger partial charge in [0.15, 0.2) is 0 Å². The average Bonchev–Trinajstić information content (AvgIpc) is 3.48. The van der Waals surface area contributed by atoms with Crippen LogP contribution in [-0.2, 0) is 6.42 Å². The molecule has 5 rings (SSSR count). The van der Waals surface area contributed by atoms with Crippen LogP contribution in [0.25, 0.3) is 28.6 Å². The van der Waals surface area contributed by atoms with Crippen LogP contribution in [0.15, 0.2) is 109 Å². The molecule has 1 heterocycles. The fourth-order valence-electron chi connectivity index (χ4n) is 5.04. The molecular weight excluding hydrogens is 440 g/mol. The van der Waals surface area contributed by atoms with E-state index in [1.54, 1.807) is 0 Å². The number of nitrogens with one attached hydrogen (secondary N) is 1. The first-order valence-corrected chi connectivity index (χ1v) is 12.9. The zero-order valence-corrected chi connectivity index (χ0v) is 20.7. The molecule has 0 saturated carbocycles. The van der Waals surface area contributed by atoms with Gasteiger partial charge in [0.1, 0.15) is 0 Å². The first-order valence-electron chi connectivity index (χ1n) is 12.9. The highest BCUT2D eigenvalue weighted by Crippen LogP contribution is 2.35. The topological polar surface area (TPSA) is 54.5 Å². The second-order valence-corrected chi connectivity index (χ2v) is 9.39. The van der Waals surface area contributed by atoms with Crippen molar-refractivity contribution in [2.24, 2.45) is 11.8 Å². The van der Waals surface area contributed by atoms with E-state index >= 15 is 0 Å². The smallest absolute Gasteiger partial charge is 0.177 e. The third kappa shape index (κ3) is 5.60. The Labute approximate surface area is 213 Å². The van der Waals surface area contributed by atoms with Gasteiger partial charge in [-0.2, -0.15) is 5.21 Å². The van der Waals surface area contributed by atoms with Gasteiger partial charge < -0.3 is 0 Å². The van der Waals surface area contributed by atoms with Gasteiger partial charge in [0.05, 0.1) is 0 Å². The number of benzene rings is 3. The fourth-order valence-corrected chi connectivity index (χ4v) is 5.04. The van der Waals surface area contributed by atoms with E-state index in [9.17, 15) is 0 Å². The average molecular weight is 473 g/mol. The van der Waals surface area contributed by atoms with Gasteiger partial charge in [-0.15, -0.1) is 10.2 Å². The molecule has 0 radical (unpaired) electrons. The van der Waals surface area contributed by atoms with Crippen LogP contribution in [-0.4, -0.2) is 20.6 Å². The summed E-state index contributed by atoms with van der Waals surface area (Å²) in [5.41, 5.74) is 7.25. The van der Waals surface area contributed by atoms with Crippen LogP contribution in [0.2, 0.25) is 0 Å². The van der Waals surface area contributed by atoms with Crippen molar-refractivity contribution in [1.29, 1.82) is 0 Å². The van der Waals surface area contributed by atoms with E-state index in [-0.39, 0.29) is 0 Å². The van der Waals surface area contributed by atoms with E-state index in [1.165, 1.54) is 36.0 Å². The molecule has 3 aromatic carbocycles. The Kier molecular flexibility index (Phi) is 7.62. The van der Waals surface area contributed by atoms with Gasteiger partial charge in [-0.25, -0.2) is 0 Å². The van der Waals surface area contributed by atoms with Crippen molar-refractivity contribution in [3.05, 3.63) is 120 Å². The molecule has 36 heavy (non-hydrogen) atoms. The van der Waals surface area contributed by atoms with Crippen LogP contribution >= 0.6 is 0 Å². The zero-order chi connectivity index (χ0) is 24.6. The number of allylic oxidation sites excluding steroid dienone is 5. The van der Waals surface area contributed by atoms with Gasteiger partial charge in [0, 0.05) is 5.56 Å². The molecule has 4 heteroatoms. The quantitative estimate of drug-likeness (QED) is 0.271. The number of H-pyrrole nitrogens is 1. The maximum absolute atomic E-state index is 4.18. The van der Waals surface area contributed by atoms with Gasteiger partial charge in [-0.05, 0) is 57.7 Å². The highest BCUT2D eigenvalue weighted by atomic mass is 15.5. The predicted octanol–water partition coefficient (Wildman–Crippen LogP) is 7.71. The van der Waals surface area contributed by atoms with E-state index in [0.29, 0.717) is 17.7 Å². The number of tetrazole rings is 1. The molecule has 0 saturated heterocycles. The van der Waals surface area contributed by atoms with Gasteiger partial charge >= 0.3 is 0 Å². The molecule has 1 aromatic heterocycles. The summed E-state index contributed by atoms with van der Waals surface area (Å²) in [7, 11) is 0. The Morgan fingerprint density at radius 2 is 1.64 bits per heavy atom. The van der Waals surface area contributed by atoms with E-state index in [4.69, 9.17) is 0 Å². The van der Waals surface area contributed by atoms with Crippen molar-refractivity contribution < 1.29 is 0 Å². The minimum atomic E-state index is 0.471. The molecular formula is C32H32N4. The van der Waals surface area contributed by atoms with E-state index in [2.05, 4.69) is 125 Å². The molecule has 0 fully saturated rings. The molecule has 0 spiro atoms. The number of hydrogen-bond donors (Lipinski definition) is 1. The first kappa shape index (κ1) is 23.7. The maximum atomic E-state index is 4.18. The van der Waals surface area contributed by atoms with Gasteiger partial charge in [-0.3, -0.25) is 0 Å². The summed E-state index contributed by atoms with van der Waals surface area (Å²) in [6.45, 7) is 2.28. The summed E-state index contributed by atoms with van der Waals surface area (Å²) in [5, 5.41) is 14.7. The molecule has 2 unspecified atom stereocenters. The SMILES string of the molecule is CCCCC1C=CC=C(C=Cc2ccccc2)C1Cc1ccc(-c2ccccc2-c2nn[nH]n2)cc1. The minimum Gasteiger partial charge on any atom is -0.177 e. The van der Waals surface area contributed by atoms with Crippen molar-refractivity contribution in [3.8, 4) is 22.5 Å².